The first-order valence-electron chi connectivity index (χ1n) is 6.57. The fourth-order valence-corrected chi connectivity index (χ4v) is 1.55. The number of halogens is 4. The van der Waals surface area contributed by atoms with Crippen LogP contribution in [0.1, 0.15) is 25.8 Å². The SMILES string of the molecule is CC(C)CNC(=O)CCNc1ccc(C(F)(F)F)cc1F. The van der Waals surface area contributed by atoms with Gasteiger partial charge < -0.3 is 10.6 Å². The van der Waals surface area contributed by atoms with Crippen LogP contribution >= 0.6 is 0 Å². The van der Waals surface area contributed by atoms with Crippen LogP contribution in [0.3, 0.4) is 0 Å². The molecule has 0 aliphatic rings. The van der Waals surface area contributed by atoms with Crippen molar-refractivity contribution in [2.45, 2.75) is 26.4 Å². The van der Waals surface area contributed by atoms with E-state index in [0.29, 0.717) is 18.5 Å². The van der Waals surface area contributed by atoms with Gasteiger partial charge in [-0.25, -0.2) is 4.39 Å². The lowest BCUT2D eigenvalue weighted by Gasteiger charge is -2.11. The highest BCUT2D eigenvalue weighted by Gasteiger charge is 2.31. The molecule has 0 aromatic heterocycles. The summed E-state index contributed by atoms with van der Waals surface area (Å²) in [5, 5.41) is 5.30. The molecule has 3 nitrogen and oxygen atoms in total. The Labute approximate surface area is 120 Å². The van der Waals surface area contributed by atoms with Crippen LogP contribution in [-0.2, 0) is 11.0 Å². The molecule has 1 aromatic carbocycles. The number of rotatable bonds is 6. The molecule has 0 saturated heterocycles. The van der Waals surface area contributed by atoms with Gasteiger partial charge in [-0.1, -0.05) is 13.8 Å². The van der Waals surface area contributed by atoms with Crippen molar-refractivity contribution in [2.24, 2.45) is 5.92 Å². The van der Waals surface area contributed by atoms with Crippen molar-refractivity contribution in [3.8, 4) is 0 Å². The molecule has 1 aromatic rings. The van der Waals surface area contributed by atoms with Gasteiger partial charge >= 0.3 is 6.18 Å². The van der Waals surface area contributed by atoms with Crippen molar-refractivity contribution < 1.29 is 22.4 Å². The standard InChI is InChI=1S/C14H18F4N2O/c1-9(2)8-20-13(21)5-6-19-12-4-3-10(7-11(12)15)14(16,17)18/h3-4,7,9,19H,5-6,8H2,1-2H3,(H,20,21). The van der Waals surface area contributed by atoms with Crippen LogP contribution in [0.4, 0.5) is 23.2 Å². The van der Waals surface area contributed by atoms with Crippen LogP contribution in [0.25, 0.3) is 0 Å². The quantitative estimate of drug-likeness (QED) is 0.791. The third kappa shape index (κ3) is 6.01. The van der Waals surface area contributed by atoms with Crippen molar-refractivity contribution in [3.63, 3.8) is 0 Å². The van der Waals surface area contributed by atoms with Gasteiger partial charge in [0, 0.05) is 19.5 Å². The Morgan fingerprint density at radius 2 is 1.95 bits per heavy atom. The molecular weight excluding hydrogens is 288 g/mol. The van der Waals surface area contributed by atoms with Gasteiger partial charge in [0.05, 0.1) is 11.3 Å². The van der Waals surface area contributed by atoms with Gasteiger partial charge in [-0.15, -0.1) is 0 Å². The molecule has 0 spiro atoms. The highest BCUT2D eigenvalue weighted by molar-refractivity contribution is 5.76. The van der Waals surface area contributed by atoms with Crippen LogP contribution in [0.15, 0.2) is 18.2 Å². The molecule has 0 radical (unpaired) electrons. The predicted molar refractivity (Wildman–Crippen MR) is 72.4 cm³/mol. The molecule has 0 fully saturated rings. The third-order valence-corrected chi connectivity index (χ3v) is 2.67. The van der Waals surface area contributed by atoms with Crippen LogP contribution in [0, 0.1) is 11.7 Å². The van der Waals surface area contributed by atoms with Crippen LogP contribution in [0.5, 0.6) is 0 Å². The molecule has 0 bridgehead atoms. The van der Waals surface area contributed by atoms with E-state index in [4.69, 9.17) is 0 Å². The Morgan fingerprint density at radius 1 is 1.29 bits per heavy atom. The molecule has 0 aliphatic heterocycles. The summed E-state index contributed by atoms with van der Waals surface area (Å²) in [6, 6.07) is 2.25. The zero-order valence-corrected chi connectivity index (χ0v) is 11.9. The second kappa shape index (κ2) is 7.28. The van der Waals surface area contributed by atoms with Gasteiger partial charge in [-0.2, -0.15) is 13.2 Å². The number of carbonyl (C=O) groups excluding carboxylic acids is 1. The first-order valence-corrected chi connectivity index (χ1v) is 6.57. The maximum atomic E-state index is 13.5. The Bertz CT molecular complexity index is 486. The summed E-state index contributed by atoms with van der Waals surface area (Å²) in [6.45, 7) is 4.60. The lowest BCUT2D eigenvalue weighted by Crippen LogP contribution is -2.28. The van der Waals surface area contributed by atoms with Gasteiger partial charge in [0.25, 0.3) is 0 Å². The van der Waals surface area contributed by atoms with Gasteiger partial charge in [-0.05, 0) is 24.1 Å². The maximum absolute atomic E-state index is 13.5. The van der Waals surface area contributed by atoms with Crippen LogP contribution < -0.4 is 10.6 Å². The summed E-state index contributed by atoms with van der Waals surface area (Å²) in [5.41, 5.74) is -1.10. The largest absolute Gasteiger partial charge is 0.416 e. The van der Waals surface area contributed by atoms with E-state index in [1.54, 1.807) is 0 Å². The van der Waals surface area contributed by atoms with Gasteiger partial charge in [0.2, 0.25) is 5.91 Å². The zero-order valence-electron chi connectivity index (χ0n) is 11.9. The first-order chi connectivity index (χ1) is 9.70. The third-order valence-electron chi connectivity index (χ3n) is 2.67. The fourth-order valence-electron chi connectivity index (χ4n) is 1.55. The van der Waals surface area contributed by atoms with Gasteiger partial charge in [0.15, 0.2) is 0 Å². The Balaban J connectivity index is 2.48. The smallest absolute Gasteiger partial charge is 0.382 e. The number of carbonyl (C=O) groups is 1. The van der Waals surface area contributed by atoms with E-state index in [1.807, 2.05) is 13.8 Å². The Morgan fingerprint density at radius 3 is 2.48 bits per heavy atom. The molecule has 1 rings (SSSR count). The maximum Gasteiger partial charge on any atom is 0.416 e. The van der Waals surface area contributed by atoms with Crippen LogP contribution in [-0.4, -0.2) is 19.0 Å². The minimum atomic E-state index is -4.57. The lowest BCUT2D eigenvalue weighted by atomic mass is 10.2. The Hall–Kier alpha value is -1.79. The summed E-state index contributed by atoms with van der Waals surface area (Å²) < 4.78 is 50.6. The molecule has 118 valence electrons. The summed E-state index contributed by atoms with van der Waals surface area (Å²) in [6.07, 6.45) is -4.46. The van der Waals surface area contributed by atoms with E-state index in [1.165, 1.54) is 0 Å². The number of nitrogens with one attached hydrogen (secondary N) is 2. The topological polar surface area (TPSA) is 41.1 Å². The molecule has 21 heavy (non-hydrogen) atoms. The molecule has 0 heterocycles. The molecule has 1 amide bonds. The number of alkyl halides is 3. The fraction of sp³-hybridized carbons (Fsp3) is 0.500. The van der Waals surface area contributed by atoms with Gasteiger partial charge in [-0.3, -0.25) is 4.79 Å². The highest BCUT2D eigenvalue weighted by atomic mass is 19.4. The molecule has 7 heteroatoms. The lowest BCUT2D eigenvalue weighted by molar-refractivity contribution is -0.137. The highest BCUT2D eigenvalue weighted by Crippen LogP contribution is 2.31. The summed E-state index contributed by atoms with van der Waals surface area (Å²) in [4.78, 5) is 11.4. The van der Waals surface area contributed by atoms with Crippen molar-refractivity contribution >= 4 is 11.6 Å². The first kappa shape index (κ1) is 17.3. The average Bonchev–Trinajstić information content (AvgIpc) is 2.37. The molecular formula is C14H18F4N2O. The minimum absolute atomic E-state index is 0.0559. The Kier molecular flexibility index (Phi) is 5.99. The minimum Gasteiger partial charge on any atom is -0.382 e. The van der Waals surface area contributed by atoms with Crippen molar-refractivity contribution in [2.75, 3.05) is 18.4 Å². The summed E-state index contributed by atoms with van der Waals surface area (Å²) >= 11 is 0. The van der Waals surface area contributed by atoms with E-state index in [2.05, 4.69) is 10.6 Å². The van der Waals surface area contributed by atoms with E-state index < -0.39 is 17.6 Å². The van der Waals surface area contributed by atoms with Crippen molar-refractivity contribution in [3.05, 3.63) is 29.6 Å². The normalized spacial score (nSPS) is 11.6. The number of hydrogen-bond acceptors (Lipinski definition) is 2. The monoisotopic (exact) mass is 306 g/mol. The average molecular weight is 306 g/mol. The molecule has 0 saturated carbocycles. The van der Waals surface area contributed by atoms with Crippen LogP contribution in [0.2, 0.25) is 0 Å². The van der Waals surface area contributed by atoms with E-state index in [0.717, 1.165) is 12.1 Å². The zero-order chi connectivity index (χ0) is 16.0. The number of amides is 1. The predicted octanol–water partition coefficient (Wildman–Crippen LogP) is 3.42. The number of benzene rings is 1. The molecule has 0 aliphatic carbocycles. The number of hydrogen-bond donors (Lipinski definition) is 2. The van der Waals surface area contributed by atoms with Crippen molar-refractivity contribution in [1.82, 2.24) is 5.32 Å². The van der Waals surface area contributed by atoms with E-state index in [-0.39, 0.29) is 24.6 Å². The molecule has 0 unspecified atom stereocenters. The molecule has 0 atom stereocenters. The summed E-state index contributed by atoms with van der Waals surface area (Å²) in [7, 11) is 0. The van der Waals surface area contributed by atoms with E-state index >= 15 is 0 Å². The second-order valence-electron chi connectivity index (χ2n) is 5.07. The second-order valence-corrected chi connectivity index (χ2v) is 5.07. The number of anilines is 1. The summed E-state index contributed by atoms with van der Waals surface area (Å²) in [5.74, 6) is -0.856. The van der Waals surface area contributed by atoms with E-state index in [9.17, 15) is 22.4 Å². The van der Waals surface area contributed by atoms with Gasteiger partial charge in [0.1, 0.15) is 5.82 Å². The van der Waals surface area contributed by atoms with Crippen molar-refractivity contribution in [1.29, 1.82) is 0 Å². The molecule has 2 N–H and O–H groups in total.